The molecule has 2 N–H and O–H groups in total. The first-order chi connectivity index (χ1) is 8.09. The molecule has 0 saturated heterocycles. The molecule has 0 heterocycles. The molecule has 0 fully saturated rings. The smallest absolute Gasteiger partial charge is 0.323 e. The number of hydrogen-bond donors (Lipinski definition) is 1. The summed E-state index contributed by atoms with van der Waals surface area (Å²) in [5.74, 6) is -0.339. The van der Waals surface area contributed by atoms with E-state index in [0.717, 1.165) is 5.56 Å². The summed E-state index contributed by atoms with van der Waals surface area (Å²) in [6, 6.07) is 9.10. The highest BCUT2D eigenvalue weighted by Gasteiger charge is 2.16. The van der Waals surface area contributed by atoms with Crippen molar-refractivity contribution in [3.63, 3.8) is 0 Å². The third kappa shape index (κ3) is 6.74. The molecule has 0 saturated carbocycles. The average Bonchev–Trinajstić information content (AvgIpc) is 2.32. The molecule has 0 amide bonds. The van der Waals surface area contributed by atoms with Crippen LogP contribution in [0.2, 0.25) is 0 Å². The lowest BCUT2D eigenvalue weighted by atomic mass is 10.1. The first kappa shape index (κ1) is 15.7. The Morgan fingerprint density at radius 2 is 1.76 bits per heavy atom. The minimum absolute atomic E-state index is 0.112. The van der Waals surface area contributed by atoms with Crippen LogP contribution >= 0.6 is 0 Å². The topological polar surface area (TPSA) is 52.3 Å². The largest absolute Gasteiger partial charge is 0.462 e. The highest BCUT2D eigenvalue weighted by Crippen LogP contribution is 2.03. The van der Waals surface area contributed by atoms with E-state index in [4.69, 9.17) is 10.5 Å². The predicted octanol–water partition coefficient (Wildman–Crippen LogP) is 2.53. The molecule has 0 spiro atoms. The second-order valence-corrected chi connectivity index (χ2v) is 3.78. The van der Waals surface area contributed by atoms with Crippen molar-refractivity contribution in [1.29, 1.82) is 0 Å². The predicted molar refractivity (Wildman–Crippen MR) is 70.7 cm³/mol. The zero-order valence-corrected chi connectivity index (χ0v) is 11.1. The van der Waals surface area contributed by atoms with Gasteiger partial charge in [0, 0.05) is 0 Å². The van der Waals surface area contributed by atoms with Crippen molar-refractivity contribution in [2.24, 2.45) is 5.73 Å². The standard InChI is InChI=1S/C12H17NO2.C2H6/c1-9(2)15-12(14)11(13)8-10-6-4-3-5-7-10;1-2/h3-7,9,11H,8,13H2,1-2H3;1-2H3. The second kappa shape index (κ2) is 8.76. The van der Waals surface area contributed by atoms with Crippen molar-refractivity contribution in [3.8, 4) is 0 Å². The Morgan fingerprint density at radius 1 is 1.24 bits per heavy atom. The van der Waals surface area contributed by atoms with E-state index >= 15 is 0 Å². The van der Waals surface area contributed by atoms with Gasteiger partial charge >= 0.3 is 5.97 Å². The van der Waals surface area contributed by atoms with Gasteiger partial charge in [0.2, 0.25) is 0 Å². The molecular formula is C14H23NO2. The number of carbonyl (C=O) groups excluding carboxylic acids is 1. The minimum atomic E-state index is -0.574. The molecule has 3 nitrogen and oxygen atoms in total. The Bertz CT molecular complexity index is 309. The van der Waals surface area contributed by atoms with E-state index in [1.54, 1.807) is 0 Å². The number of nitrogens with two attached hydrogens (primary N) is 1. The maximum atomic E-state index is 11.4. The lowest BCUT2D eigenvalue weighted by molar-refractivity contribution is -0.148. The molecule has 0 aliphatic carbocycles. The van der Waals surface area contributed by atoms with Gasteiger partial charge in [-0.2, -0.15) is 0 Å². The van der Waals surface area contributed by atoms with Crippen molar-refractivity contribution in [2.75, 3.05) is 0 Å². The summed E-state index contributed by atoms with van der Waals surface area (Å²) in [5, 5.41) is 0. The van der Waals surface area contributed by atoms with Crippen LogP contribution in [0.15, 0.2) is 30.3 Å². The monoisotopic (exact) mass is 237 g/mol. The van der Waals surface area contributed by atoms with Gasteiger partial charge in [0.05, 0.1) is 6.10 Å². The first-order valence-electron chi connectivity index (χ1n) is 6.09. The van der Waals surface area contributed by atoms with E-state index in [-0.39, 0.29) is 12.1 Å². The Morgan fingerprint density at radius 3 is 2.24 bits per heavy atom. The van der Waals surface area contributed by atoms with Crippen molar-refractivity contribution in [2.45, 2.75) is 46.3 Å². The number of rotatable bonds is 4. The Hall–Kier alpha value is -1.35. The van der Waals surface area contributed by atoms with E-state index in [9.17, 15) is 4.79 Å². The fourth-order valence-electron chi connectivity index (χ4n) is 1.27. The van der Waals surface area contributed by atoms with E-state index in [1.807, 2.05) is 58.0 Å². The molecule has 1 unspecified atom stereocenters. The molecule has 96 valence electrons. The third-order valence-corrected chi connectivity index (χ3v) is 1.95. The molecule has 1 atom stereocenters. The van der Waals surface area contributed by atoms with Crippen LogP contribution < -0.4 is 5.73 Å². The van der Waals surface area contributed by atoms with E-state index < -0.39 is 6.04 Å². The molecule has 1 rings (SSSR count). The Kier molecular flexibility index (Phi) is 8.07. The van der Waals surface area contributed by atoms with Gasteiger partial charge in [-0.15, -0.1) is 0 Å². The summed E-state index contributed by atoms with van der Waals surface area (Å²) in [4.78, 5) is 11.4. The van der Waals surface area contributed by atoms with Crippen LogP contribution in [0.4, 0.5) is 0 Å². The summed E-state index contributed by atoms with van der Waals surface area (Å²) in [7, 11) is 0. The van der Waals surface area contributed by atoms with E-state index in [1.165, 1.54) is 0 Å². The van der Waals surface area contributed by atoms with Gasteiger partial charge in [0.1, 0.15) is 6.04 Å². The highest BCUT2D eigenvalue weighted by atomic mass is 16.5. The zero-order chi connectivity index (χ0) is 13.3. The summed E-state index contributed by atoms with van der Waals surface area (Å²) in [6.07, 6.45) is 0.408. The van der Waals surface area contributed by atoms with E-state index in [0.29, 0.717) is 6.42 Å². The minimum Gasteiger partial charge on any atom is -0.462 e. The van der Waals surface area contributed by atoms with Crippen LogP contribution in [0.25, 0.3) is 0 Å². The molecule has 1 aromatic carbocycles. The summed E-state index contributed by atoms with van der Waals surface area (Å²) in [5.41, 5.74) is 6.77. The van der Waals surface area contributed by atoms with Gasteiger partial charge in [-0.25, -0.2) is 0 Å². The first-order valence-corrected chi connectivity index (χ1v) is 6.09. The van der Waals surface area contributed by atoms with Gasteiger partial charge in [-0.1, -0.05) is 44.2 Å². The fraction of sp³-hybridized carbons (Fsp3) is 0.500. The Balaban J connectivity index is 0.00000121. The molecule has 1 aromatic rings. The van der Waals surface area contributed by atoms with Crippen molar-refractivity contribution >= 4 is 5.97 Å². The van der Waals surface area contributed by atoms with Gasteiger partial charge in [0.25, 0.3) is 0 Å². The summed E-state index contributed by atoms with van der Waals surface area (Å²) < 4.78 is 5.02. The van der Waals surface area contributed by atoms with Gasteiger partial charge in [-0.05, 0) is 25.8 Å². The molecular weight excluding hydrogens is 214 g/mol. The zero-order valence-electron chi connectivity index (χ0n) is 11.1. The number of benzene rings is 1. The van der Waals surface area contributed by atoms with Crippen molar-refractivity contribution in [3.05, 3.63) is 35.9 Å². The fourth-order valence-corrected chi connectivity index (χ4v) is 1.27. The third-order valence-electron chi connectivity index (χ3n) is 1.95. The Labute approximate surface area is 104 Å². The lowest BCUT2D eigenvalue weighted by Crippen LogP contribution is -2.35. The van der Waals surface area contributed by atoms with Crippen molar-refractivity contribution in [1.82, 2.24) is 0 Å². The van der Waals surface area contributed by atoms with Gasteiger partial charge < -0.3 is 10.5 Å². The molecule has 0 bridgehead atoms. The molecule has 3 heteroatoms. The number of carbonyl (C=O) groups is 1. The second-order valence-electron chi connectivity index (χ2n) is 3.78. The summed E-state index contributed by atoms with van der Waals surface area (Å²) >= 11 is 0. The lowest BCUT2D eigenvalue weighted by Gasteiger charge is -2.13. The van der Waals surface area contributed by atoms with Crippen molar-refractivity contribution < 1.29 is 9.53 Å². The average molecular weight is 237 g/mol. The number of ether oxygens (including phenoxy) is 1. The van der Waals surface area contributed by atoms with Crippen LogP contribution in [0.5, 0.6) is 0 Å². The maximum absolute atomic E-state index is 11.4. The quantitative estimate of drug-likeness (QED) is 0.819. The van der Waals surface area contributed by atoms with Crippen LogP contribution in [-0.4, -0.2) is 18.1 Å². The molecule has 0 aliphatic rings. The van der Waals surface area contributed by atoms with Crippen LogP contribution in [0.1, 0.15) is 33.3 Å². The van der Waals surface area contributed by atoms with Crippen LogP contribution in [-0.2, 0) is 16.0 Å². The molecule has 0 aromatic heterocycles. The van der Waals surface area contributed by atoms with E-state index in [2.05, 4.69) is 0 Å². The summed E-state index contributed by atoms with van der Waals surface area (Å²) in [6.45, 7) is 7.63. The normalized spacial score (nSPS) is 11.4. The molecule has 0 radical (unpaired) electrons. The van der Waals surface area contributed by atoms with Crippen LogP contribution in [0.3, 0.4) is 0 Å². The SMILES string of the molecule is CC.CC(C)OC(=O)C(N)Cc1ccccc1. The molecule has 0 aliphatic heterocycles. The number of esters is 1. The number of hydrogen-bond acceptors (Lipinski definition) is 3. The van der Waals surface area contributed by atoms with Crippen LogP contribution in [0, 0.1) is 0 Å². The maximum Gasteiger partial charge on any atom is 0.323 e. The van der Waals surface area contributed by atoms with Gasteiger partial charge in [0.15, 0.2) is 0 Å². The van der Waals surface area contributed by atoms with Gasteiger partial charge in [-0.3, -0.25) is 4.79 Å². The highest BCUT2D eigenvalue weighted by molar-refractivity contribution is 5.76. The molecule has 17 heavy (non-hydrogen) atoms.